The van der Waals surface area contributed by atoms with Crippen molar-refractivity contribution in [1.29, 1.82) is 0 Å². The van der Waals surface area contributed by atoms with Crippen molar-refractivity contribution in [2.75, 3.05) is 5.75 Å². The van der Waals surface area contributed by atoms with Gasteiger partial charge in [-0.05, 0) is 19.8 Å². The molecule has 0 amide bonds. The molecule has 4 rings (SSSR count). The second-order valence-corrected chi connectivity index (χ2v) is 8.66. The number of carbonyl (C=O) groups is 1. The van der Waals surface area contributed by atoms with Crippen LogP contribution in [0.4, 0.5) is 0 Å². The summed E-state index contributed by atoms with van der Waals surface area (Å²) < 4.78 is 11.8. The van der Waals surface area contributed by atoms with Crippen molar-refractivity contribution in [2.45, 2.75) is 74.8 Å². The van der Waals surface area contributed by atoms with Gasteiger partial charge < -0.3 is 14.6 Å². The first-order valence-corrected chi connectivity index (χ1v) is 9.28. The van der Waals surface area contributed by atoms with Crippen LogP contribution in [0.25, 0.3) is 0 Å². The van der Waals surface area contributed by atoms with Crippen LogP contribution >= 0.6 is 11.8 Å². The van der Waals surface area contributed by atoms with E-state index in [0.717, 1.165) is 11.0 Å². The van der Waals surface area contributed by atoms with E-state index in [0.29, 0.717) is 6.42 Å². The molecule has 0 aromatic carbocycles. The molecule has 5 heteroatoms. The highest BCUT2D eigenvalue weighted by molar-refractivity contribution is 7.99. The molecule has 0 spiro atoms. The Bertz CT molecular complexity index is 450. The molecule has 2 heterocycles. The zero-order valence-corrected chi connectivity index (χ0v) is 13.4. The van der Waals surface area contributed by atoms with E-state index in [2.05, 4.69) is 0 Å². The van der Waals surface area contributed by atoms with Crippen LogP contribution in [0, 0.1) is 11.8 Å². The largest absolute Gasteiger partial charge is 0.363 e. The van der Waals surface area contributed by atoms with Crippen molar-refractivity contribution >= 4 is 17.5 Å². The summed E-state index contributed by atoms with van der Waals surface area (Å²) in [5.74, 6) is -0.0585. The fourth-order valence-electron chi connectivity index (χ4n) is 4.44. The van der Waals surface area contributed by atoms with Crippen molar-refractivity contribution in [3.05, 3.63) is 0 Å². The fraction of sp³-hybridized carbons (Fsp3) is 0.938. The lowest BCUT2D eigenvalue weighted by Crippen LogP contribution is -2.59. The number of hydrogen-bond acceptors (Lipinski definition) is 5. The predicted molar refractivity (Wildman–Crippen MR) is 79.9 cm³/mol. The molecule has 2 aliphatic heterocycles. The third-order valence-corrected chi connectivity index (χ3v) is 7.40. The summed E-state index contributed by atoms with van der Waals surface area (Å²) in [6, 6.07) is 0. The van der Waals surface area contributed by atoms with Crippen LogP contribution < -0.4 is 0 Å². The van der Waals surface area contributed by atoms with Gasteiger partial charge in [0.1, 0.15) is 11.4 Å². The van der Waals surface area contributed by atoms with Gasteiger partial charge in [0.15, 0.2) is 12.1 Å². The Morgan fingerprint density at radius 2 is 2.05 bits per heavy atom. The molecule has 4 fully saturated rings. The van der Waals surface area contributed by atoms with E-state index >= 15 is 0 Å². The van der Waals surface area contributed by atoms with Gasteiger partial charge in [-0.1, -0.05) is 19.3 Å². The molecule has 21 heavy (non-hydrogen) atoms. The number of aliphatic hydroxyl groups is 1. The number of carbonyl (C=O) groups excluding carboxylic acids is 1. The maximum Gasteiger partial charge on any atom is 0.198 e. The summed E-state index contributed by atoms with van der Waals surface area (Å²) in [7, 11) is 0. The molecule has 2 saturated heterocycles. The van der Waals surface area contributed by atoms with Crippen LogP contribution in [0.5, 0.6) is 0 Å². The molecule has 5 atom stereocenters. The molecule has 0 aromatic heterocycles. The number of ketones is 1. The van der Waals surface area contributed by atoms with Crippen LogP contribution in [0.3, 0.4) is 0 Å². The van der Waals surface area contributed by atoms with Gasteiger partial charge in [-0.25, -0.2) is 0 Å². The molecule has 4 nitrogen and oxygen atoms in total. The third kappa shape index (κ3) is 2.19. The molecule has 3 bridgehead atoms. The lowest BCUT2D eigenvalue weighted by atomic mass is 9.70. The quantitative estimate of drug-likeness (QED) is 0.867. The van der Waals surface area contributed by atoms with E-state index in [4.69, 9.17) is 9.47 Å². The van der Waals surface area contributed by atoms with Crippen LogP contribution in [0.15, 0.2) is 0 Å². The van der Waals surface area contributed by atoms with Gasteiger partial charge in [-0.2, -0.15) is 11.8 Å². The van der Waals surface area contributed by atoms with Gasteiger partial charge in [0.2, 0.25) is 0 Å². The zero-order valence-electron chi connectivity index (χ0n) is 12.5. The lowest BCUT2D eigenvalue weighted by Gasteiger charge is -2.45. The van der Waals surface area contributed by atoms with Crippen LogP contribution in [-0.2, 0) is 14.3 Å². The monoisotopic (exact) mass is 312 g/mol. The van der Waals surface area contributed by atoms with Crippen molar-refractivity contribution in [3.8, 4) is 0 Å². The second-order valence-electron chi connectivity index (χ2n) is 7.33. The van der Waals surface area contributed by atoms with E-state index in [1.807, 2.05) is 18.7 Å². The summed E-state index contributed by atoms with van der Waals surface area (Å²) in [6.45, 7) is 1.82. The normalized spacial score (nSPS) is 49.8. The zero-order chi connectivity index (χ0) is 14.7. The van der Waals surface area contributed by atoms with Crippen LogP contribution in [-0.4, -0.2) is 39.6 Å². The predicted octanol–water partition coefficient (Wildman–Crippen LogP) is 2.48. The minimum atomic E-state index is -1.25. The molecular weight excluding hydrogens is 288 g/mol. The van der Waals surface area contributed by atoms with E-state index in [9.17, 15) is 9.90 Å². The average molecular weight is 312 g/mol. The molecule has 2 aliphatic carbocycles. The standard InChI is InChI=1S/C16H24O4S/c1-15-8-13(17)11-7-16(15,18)20-14(19-15)12(11)9-21-10-5-3-2-4-6-10/h10-12,14,18H,2-9H2,1H3/t11-,12+,14+,15+,16-/m1/s1. The average Bonchev–Trinajstić information content (AvgIpc) is 2.61. The summed E-state index contributed by atoms with van der Waals surface area (Å²) in [4.78, 5) is 12.4. The number of rotatable bonds is 3. The fourth-order valence-corrected chi connectivity index (χ4v) is 5.99. The first-order valence-electron chi connectivity index (χ1n) is 8.23. The Morgan fingerprint density at radius 3 is 2.81 bits per heavy atom. The van der Waals surface area contributed by atoms with Gasteiger partial charge in [0, 0.05) is 35.7 Å². The third-order valence-electron chi connectivity index (χ3n) is 5.88. The summed E-state index contributed by atoms with van der Waals surface area (Å²) in [5.41, 5.74) is -0.838. The van der Waals surface area contributed by atoms with Gasteiger partial charge in [0.25, 0.3) is 0 Å². The maximum atomic E-state index is 12.4. The number of thioether (sulfide) groups is 1. The van der Waals surface area contributed by atoms with Crippen LogP contribution in [0.2, 0.25) is 0 Å². The van der Waals surface area contributed by atoms with E-state index in [1.165, 1.54) is 32.1 Å². The minimum absolute atomic E-state index is 0.0829. The molecule has 0 unspecified atom stereocenters. The van der Waals surface area contributed by atoms with Crippen molar-refractivity contribution in [1.82, 2.24) is 0 Å². The number of Topliss-reactive ketones (excluding diaryl/α,β-unsaturated/α-hetero) is 1. The second kappa shape index (κ2) is 4.95. The SMILES string of the molecule is C[C@]12CC(=O)[C@@H]3C[C@@]1(O)O[C@H](O2)[C@H]3CSC1CCCCC1. The van der Waals surface area contributed by atoms with E-state index in [-0.39, 0.29) is 24.0 Å². The molecule has 118 valence electrons. The summed E-state index contributed by atoms with van der Waals surface area (Å²) in [5, 5.41) is 11.3. The molecule has 1 N–H and O–H groups in total. The van der Waals surface area contributed by atoms with E-state index in [1.54, 1.807) is 0 Å². The Balaban J connectivity index is 1.48. The molecule has 4 aliphatic rings. The molecule has 0 radical (unpaired) electrons. The summed E-state index contributed by atoms with van der Waals surface area (Å²) in [6.07, 6.45) is 6.92. The van der Waals surface area contributed by atoms with Gasteiger partial charge in [-0.3, -0.25) is 4.79 Å². The smallest absolute Gasteiger partial charge is 0.198 e. The lowest BCUT2D eigenvalue weighted by molar-refractivity contribution is -0.266. The highest BCUT2D eigenvalue weighted by atomic mass is 32.2. The number of ether oxygens (including phenoxy) is 2. The van der Waals surface area contributed by atoms with Gasteiger partial charge >= 0.3 is 0 Å². The highest BCUT2D eigenvalue weighted by Crippen LogP contribution is 2.56. The summed E-state index contributed by atoms with van der Waals surface area (Å²) >= 11 is 1.99. The first-order chi connectivity index (χ1) is 10.0. The maximum absolute atomic E-state index is 12.4. The van der Waals surface area contributed by atoms with Crippen molar-refractivity contribution in [3.63, 3.8) is 0 Å². The first kappa shape index (κ1) is 14.5. The van der Waals surface area contributed by atoms with E-state index < -0.39 is 17.7 Å². The topological polar surface area (TPSA) is 55.8 Å². The Hall–Kier alpha value is -0.100. The Labute approximate surface area is 129 Å². The molecule has 2 saturated carbocycles. The van der Waals surface area contributed by atoms with Crippen molar-refractivity contribution in [2.24, 2.45) is 11.8 Å². The number of hydrogen-bond donors (Lipinski definition) is 1. The Kier molecular flexibility index (Phi) is 3.41. The van der Waals surface area contributed by atoms with Gasteiger partial charge in [-0.15, -0.1) is 0 Å². The molecule has 0 aromatic rings. The molecular formula is C16H24O4S. The minimum Gasteiger partial charge on any atom is -0.363 e. The highest BCUT2D eigenvalue weighted by Gasteiger charge is 2.69. The van der Waals surface area contributed by atoms with Crippen LogP contribution in [0.1, 0.15) is 51.9 Å². The van der Waals surface area contributed by atoms with Gasteiger partial charge in [0.05, 0.1) is 0 Å². The Morgan fingerprint density at radius 1 is 1.29 bits per heavy atom. The number of fused-ring (bicyclic) bond motifs is 2. The van der Waals surface area contributed by atoms with Crippen molar-refractivity contribution < 1.29 is 19.4 Å².